The van der Waals surface area contributed by atoms with Gasteiger partial charge in [0.2, 0.25) is 0 Å². The van der Waals surface area contributed by atoms with Crippen molar-refractivity contribution in [3.05, 3.63) is 0 Å². The monoisotopic (exact) mass is 137 g/mol. The molecule has 1 heteroatoms. The van der Waals surface area contributed by atoms with Crippen molar-refractivity contribution < 1.29 is 0 Å². The van der Waals surface area contributed by atoms with E-state index in [4.69, 9.17) is 0 Å². The summed E-state index contributed by atoms with van der Waals surface area (Å²) in [6, 6.07) is 0. The third kappa shape index (κ3) is 4.60. The van der Waals surface area contributed by atoms with Crippen LogP contribution in [0.15, 0.2) is 0 Å². The fraction of sp³-hybridized carbons (Fsp3) is 1.00. The predicted octanol–water partition coefficient (Wildman–Crippen LogP) is 1.37. The van der Waals surface area contributed by atoms with Gasteiger partial charge in [0.25, 0.3) is 0 Å². The van der Waals surface area contributed by atoms with E-state index in [-0.39, 0.29) is 0 Å². The number of rotatable bonds is 2. The van der Waals surface area contributed by atoms with Gasteiger partial charge >= 0.3 is 42.6 Å². The average Bonchev–Trinajstić information content (AvgIpc) is 1.41. The van der Waals surface area contributed by atoms with Crippen LogP contribution in [-0.4, -0.2) is 17.7 Å². The fourth-order valence-electron chi connectivity index (χ4n) is 0.354. The van der Waals surface area contributed by atoms with E-state index in [0.717, 1.165) is 0 Å². The maximum absolute atomic E-state index is 2.21. The van der Waals surface area contributed by atoms with E-state index in [1.54, 1.807) is 0 Å². The van der Waals surface area contributed by atoms with Crippen LogP contribution in [0.5, 0.6) is 0 Å². The van der Waals surface area contributed by atoms with Gasteiger partial charge in [-0.1, -0.05) is 0 Å². The molecule has 0 fully saturated rings. The summed E-state index contributed by atoms with van der Waals surface area (Å²) in [5.41, 5.74) is 0. The van der Waals surface area contributed by atoms with E-state index in [0.29, 0.717) is 0 Å². The molecule has 0 saturated carbocycles. The Morgan fingerprint density at radius 3 is 2.20 bits per heavy atom. The van der Waals surface area contributed by atoms with Crippen molar-refractivity contribution in [1.29, 1.82) is 0 Å². The van der Waals surface area contributed by atoms with Gasteiger partial charge in [-0.2, -0.15) is 0 Å². The van der Waals surface area contributed by atoms with Crippen molar-refractivity contribution >= 4 is 17.7 Å². The first kappa shape index (κ1) is 5.60. The Labute approximate surface area is 43.2 Å². The number of unbranched alkanes of at least 4 members (excludes halogenated alkanes) is 1. The molecule has 0 nitrogen and oxygen atoms in total. The second kappa shape index (κ2) is 4.60. The third-order valence-electron chi connectivity index (χ3n) is 0.707. The second-order valence-corrected chi connectivity index (χ2v) is 1.35. The van der Waals surface area contributed by atoms with Crippen LogP contribution < -0.4 is 0 Å². The number of hydrogen-bond acceptors (Lipinski definition) is 0. The molecule has 0 aromatic carbocycles. The normalized spacial score (nSPS) is 8.60. The first-order chi connectivity index (χ1) is 2.41. The summed E-state index contributed by atoms with van der Waals surface area (Å²) in [6.45, 7) is 2.21. The SMILES string of the molecule is [80Li][CH2]CCC. The molecule has 0 rings (SSSR count). The Balaban J connectivity index is 2.19. The Kier molecular flexibility index (Phi) is 5.15. The van der Waals surface area contributed by atoms with Gasteiger partial charge in [0, 0.05) is 0 Å². The van der Waals surface area contributed by atoms with Crippen molar-refractivity contribution in [2.75, 3.05) is 0 Å². The molecule has 26 valence electrons. The molecule has 0 aliphatic rings. The van der Waals surface area contributed by atoms with E-state index in [1.807, 2.05) is 0 Å². The van der Waals surface area contributed by atoms with Gasteiger partial charge in [-0.25, -0.2) is 0 Å². The van der Waals surface area contributed by atoms with Crippen molar-refractivity contribution in [1.82, 2.24) is 0 Å². The zero-order valence-electron chi connectivity index (χ0n) is 4.12. The molecular weight excluding hydrogens is 128 g/mol. The van der Waals surface area contributed by atoms with Gasteiger partial charge in [-0.15, -0.1) is 0 Å². The van der Waals surface area contributed by atoms with Gasteiger partial charge in [0.05, 0.1) is 0 Å². The summed E-state index contributed by atoms with van der Waals surface area (Å²) in [6.07, 6.45) is 2.73. The van der Waals surface area contributed by atoms with E-state index in [2.05, 4.69) is 24.6 Å². The minimum absolute atomic E-state index is 1.34. The van der Waals surface area contributed by atoms with Crippen molar-refractivity contribution in [3.63, 3.8) is 0 Å². The second-order valence-electron chi connectivity index (χ2n) is 1.35. The Bertz CT molecular complexity index is 11.1. The van der Waals surface area contributed by atoms with Gasteiger partial charge in [-0.3, -0.25) is 0 Å². The molecule has 0 heterocycles. The van der Waals surface area contributed by atoms with Gasteiger partial charge in [0.15, 0.2) is 0 Å². The first-order valence-electron chi connectivity index (χ1n) is 2.41. The summed E-state index contributed by atoms with van der Waals surface area (Å²) < 4.78 is 0. The first-order valence-corrected chi connectivity index (χ1v) is 2.41. The Morgan fingerprint density at radius 1 is 1.60 bits per heavy atom. The predicted molar refractivity (Wildman–Crippen MR) is 25.5 cm³/mol. The Morgan fingerprint density at radius 2 is 2.20 bits per heavy atom. The summed E-state index contributed by atoms with van der Waals surface area (Å²) in [5, 5.41) is 1.34. The topological polar surface area (TPSA) is 0 Å². The molecule has 0 N–H and O–H groups in total. The van der Waals surface area contributed by atoms with Gasteiger partial charge in [0.1, 0.15) is 0 Å². The number of hydrogen-bond donors (Lipinski definition) is 0. The zero-order chi connectivity index (χ0) is 4.12. The molecule has 0 spiro atoms. The molecule has 0 aliphatic carbocycles. The van der Waals surface area contributed by atoms with Crippen LogP contribution in [0.2, 0.25) is 5.09 Å². The van der Waals surface area contributed by atoms with Crippen LogP contribution in [0.4, 0.5) is 0 Å². The third-order valence-corrected chi connectivity index (χ3v) is 0.707. The summed E-state index contributed by atoms with van der Waals surface area (Å²) in [5.74, 6) is 0. The van der Waals surface area contributed by atoms with E-state index in [1.165, 1.54) is 17.9 Å². The average molecular weight is 137 g/mol. The zero-order valence-corrected chi connectivity index (χ0v) is 4.12. The van der Waals surface area contributed by atoms with Crippen LogP contribution in [0.25, 0.3) is 0 Å². The Hall–Kier alpha value is 0.597. The molecule has 0 radical (unpaired) electrons. The van der Waals surface area contributed by atoms with Crippen molar-refractivity contribution in [3.8, 4) is 0 Å². The van der Waals surface area contributed by atoms with Crippen molar-refractivity contribution in [2.24, 2.45) is 0 Å². The molecule has 0 aromatic heterocycles. The summed E-state index contributed by atoms with van der Waals surface area (Å²) in [7, 11) is 0. The summed E-state index contributed by atoms with van der Waals surface area (Å²) in [4.78, 5) is 0. The quantitative estimate of drug-likeness (QED) is 0.504. The maximum atomic E-state index is 2.21. The molecular formula is C4H9Li. The van der Waals surface area contributed by atoms with Crippen LogP contribution in [0.3, 0.4) is 0 Å². The van der Waals surface area contributed by atoms with Crippen LogP contribution in [0, 0.1) is 0 Å². The van der Waals surface area contributed by atoms with Crippen LogP contribution in [-0.2, 0) is 0 Å². The molecule has 0 aromatic rings. The molecule has 5 heavy (non-hydrogen) atoms. The van der Waals surface area contributed by atoms with Crippen LogP contribution in [0.1, 0.15) is 19.8 Å². The standard InChI is InChI=1S/C4H9.Li/c1-3-4-2;/h1,3-4H2,2H3;/i;1+73. The molecule has 0 saturated heterocycles. The molecule has 0 amide bonds. The van der Waals surface area contributed by atoms with Gasteiger partial charge in [-0.05, 0) is 0 Å². The fourth-order valence-corrected chi connectivity index (χ4v) is 0.354. The molecule has 0 unspecified atom stereocenters. The van der Waals surface area contributed by atoms with Crippen molar-refractivity contribution in [2.45, 2.75) is 24.9 Å². The van der Waals surface area contributed by atoms with Gasteiger partial charge < -0.3 is 0 Å². The van der Waals surface area contributed by atoms with E-state index >= 15 is 0 Å². The summed E-state index contributed by atoms with van der Waals surface area (Å²) >= 11 is 2.21. The molecule has 0 bridgehead atoms. The van der Waals surface area contributed by atoms with Crippen LogP contribution >= 0.6 is 0 Å². The molecule has 0 aliphatic heterocycles. The van der Waals surface area contributed by atoms with E-state index in [9.17, 15) is 0 Å². The molecule has 0 atom stereocenters. The minimum atomic E-state index is 1.34. The van der Waals surface area contributed by atoms with E-state index < -0.39 is 0 Å².